The molecule has 4 rings (SSSR count). The second kappa shape index (κ2) is 9.60. The number of halogens is 1. The highest BCUT2D eigenvalue weighted by atomic mass is 35.5. The van der Waals surface area contributed by atoms with E-state index in [4.69, 9.17) is 5.73 Å². The van der Waals surface area contributed by atoms with E-state index in [1.165, 1.54) is 12.4 Å². The van der Waals surface area contributed by atoms with E-state index in [0.717, 1.165) is 21.5 Å². The van der Waals surface area contributed by atoms with Crippen molar-refractivity contribution in [3.63, 3.8) is 0 Å². The Bertz CT molecular complexity index is 1320. The minimum absolute atomic E-state index is 0. The summed E-state index contributed by atoms with van der Waals surface area (Å²) in [6.45, 7) is 0. The summed E-state index contributed by atoms with van der Waals surface area (Å²) >= 11 is 0. The molecule has 0 amide bonds. The molecule has 0 unspecified atom stereocenters. The highest BCUT2D eigenvalue weighted by Crippen LogP contribution is 2.26. The molecule has 0 heterocycles. The van der Waals surface area contributed by atoms with Crippen LogP contribution in [0.4, 0.5) is 0 Å². The molecule has 0 aliphatic rings. The number of aromatic hydroxyl groups is 2. The van der Waals surface area contributed by atoms with Gasteiger partial charge < -0.3 is 15.9 Å². The molecule has 0 radical (unpaired) electrons. The molecule has 0 aliphatic heterocycles. The van der Waals surface area contributed by atoms with Crippen LogP contribution in [0.25, 0.3) is 21.5 Å². The number of phenols is 2. The van der Waals surface area contributed by atoms with Crippen molar-refractivity contribution in [2.75, 3.05) is 0 Å². The predicted octanol–water partition coefficient (Wildman–Crippen LogP) is 4.10. The fraction of sp³-hybridized carbons (Fsp3) is 0. The number of fused-ring (bicyclic) bond motifs is 2. The highest BCUT2D eigenvalue weighted by Gasteiger charge is 2.05. The quantitative estimate of drug-likeness (QED) is 0.220. The van der Waals surface area contributed by atoms with Crippen LogP contribution < -0.4 is 11.2 Å². The summed E-state index contributed by atoms with van der Waals surface area (Å²) in [6.07, 6.45) is 2.91. The van der Waals surface area contributed by atoms with Crippen LogP contribution in [0.15, 0.2) is 88.1 Å². The van der Waals surface area contributed by atoms with Crippen molar-refractivity contribution < 1.29 is 10.2 Å². The van der Waals surface area contributed by atoms with Gasteiger partial charge in [-0.2, -0.15) is 10.2 Å². The molecule has 4 aromatic carbocycles. The summed E-state index contributed by atoms with van der Waals surface area (Å²) in [5.41, 5.74) is 9.48. The average Bonchev–Trinajstić information content (AvgIpc) is 2.77. The Hall–Kier alpha value is -4.10. The maximum Gasteiger partial charge on any atom is 0.234 e. The summed E-state index contributed by atoms with van der Waals surface area (Å²) in [5, 5.41) is 35.7. The van der Waals surface area contributed by atoms with E-state index >= 15 is 0 Å². The fourth-order valence-electron chi connectivity index (χ4n) is 3.17. The number of rotatable bonds is 4. The van der Waals surface area contributed by atoms with Crippen LogP contribution in [-0.4, -0.2) is 28.6 Å². The number of hydrazone groups is 1. The average molecular weight is 434 g/mol. The number of nitrogens with zero attached hydrogens (tertiary/aromatic N) is 3. The molecule has 0 aliphatic carbocycles. The molecule has 0 saturated heterocycles. The molecule has 0 bridgehead atoms. The lowest BCUT2D eigenvalue weighted by Crippen LogP contribution is -2.26. The molecule has 0 saturated carbocycles. The molecule has 0 aromatic heterocycles. The standard InChI is InChI=1S/C23H19N5O2.ClH/c24-23(27-25-13-19-17-7-3-1-5-15(17)9-11-21(19)29)28-26-14-20-18-8-4-2-6-16(18)10-12-22(20)30;/h1-14,29-30H,(H3,24,27,28);1H. The normalized spacial score (nSPS) is 11.9. The van der Waals surface area contributed by atoms with Gasteiger partial charge in [-0.05, 0) is 33.7 Å². The molecular weight excluding hydrogens is 414 g/mol. The number of guanidine groups is 1. The van der Waals surface area contributed by atoms with Gasteiger partial charge >= 0.3 is 0 Å². The zero-order valence-corrected chi connectivity index (χ0v) is 17.1. The summed E-state index contributed by atoms with van der Waals surface area (Å²) < 4.78 is 0. The summed E-state index contributed by atoms with van der Waals surface area (Å²) in [4.78, 5) is 0. The third kappa shape index (κ3) is 4.73. The van der Waals surface area contributed by atoms with Crippen molar-refractivity contribution in [3.8, 4) is 11.5 Å². The third-order valence-corrected chi connectivity index (χ3v) is 4.62. The van der Waals surface area contributed by atoms with Crippen LogP contribution in [0.3, 0.4) is 0 Å². The molecule has 5 N–H and O–H groups in total. The van der Waals surface area contributed by atoms with E-state index in [0.29, 0.717) is 11.1 Å². The van der Waals surface area contributed by atoms with Gasteiger partial charge in [0.2, 0.25) is 5.96 Å². The summed E-state index contributed by atoms with van der Waals surface area (Å²) in [5.74, 6) is 0.171. The van der Waals surface area contributed by atoms with E-state index in [1.807, 2.05) is 60.7 Å². The van der Waals surface area contributed by atoms with Gasteiger partial charge in [-0.15, -0.1) is 17.5 Å². The molecule has 31 heavy (non-hydrogen) atoms. The molecule has 0 fully saturated rings. The maximum atomic E-state index is 10.1. The van der Waals surface area contributed by atoms with E-state index in [1.54, 1.807) is 12.1 Å². The van der Waals surface area contributed by atoms with Crippen molar-refractivity contribution in [2.45, 2.75) is 0 Å². The van der Waals surface area contributed by atoms with Gasteiger partial charge in [-0.1, -0.05) is 60.7 Å². The zero-order chi connectivity index (χ0) is 20.9. The summed E-state index contributed by atoms with van der Waals surface area (Å²) in [7, 11) is 0. The van der Waals surface area contributed by atoms with Crippen molar-refractivity contribution in [3.05, 3.63) is 83.9 Å². The van der Waals surface area contributed by atoms with Gasteiger partial charge in [0.25, 0.3) is 0 Å². The summed E-state index contributed by atoms with van der Waals surface area (Å²) in [6, 6.07) is 22.2. The predicted molar refractivity (Wildman–Crippen MR) is 128 cm³/mol. The number of nitrogens with two attached hydrogens (primary N) is 1. The minimum atomic E-state index is -0.0399. The van der Waals surface area contributed by atoms with Crippen LogP contribution in [-0.2, 0) is 0 Å². The Labute approximate surface area is 184 Å². The number of phenolic OH excluding ortho intramolecular Hbond substituents is 2. The first kappa shape index (κ1) is 21.6. The second-order valence-electron chi connectivity index (χ2n) is 6.54. The van der Waals surface area contributed by atoms with Gasteiger partial charge in [-0.3, -0.25) is 0 Å². The van der Waals surface area contributed by atoms with Gasteiger partial charge in [0.1, 0.15) is 11.5 Å². The molecule has 8 heteroatoms. The topological polar surface area (TPSA) is 116 Å². The zero-order valence-electron chi connectivity index (χ0n) is 16.3. The molecule has 0 spiro atoms. The smallest absolute Gasteiger partial charge is 0.234 e. The minimum Gasteiger partial charge on any atom is -0.507 e. The van der Waals surface area contributed by atoms with Crippen LogP contribution >= 0.6 is 12.4 Å². The second-order valence-corrected chi connectivity index (χ2v) is 6.54. The number of nitrogens with one attached hydrogen (secondary N) is 1. The first-order valence-electron chi connectivity index (χ1n) is 9.20. The van der Waals surface area contributed by atoms with Crippen molar-refractivity contribution in [1.29, 1.82) is 0 Å². The number of hydrogen-bond donors (Lipinski definition) is 4. The molecular formula is C23H20ClN5O2. The highest BCUT2D eigenvalue weighted by molar-refractivity contribution is 6.03. The molecule has 0 atom stereocenters. The first-order chi connectivity index (χ1) is 14.6. The van der Waals surface area contributed by atoms with Gasteiger partial charge in [-0.25, -0.2) is 5.43 Å². The molecule has 7 nitrogen and oxygen atoms in total. The monoisotopic (exact) mass is 433 g/mol. The maximum absolute atomic E-state index is 10.1. The van der Waals surface area contributed by atoms with Gasteiger partial charge in [0, 0.05) is 11.1 Å². The van der Waals surface area contributed by atoms with E-state index < -0.39 is 0 Å². The lowest BCUT2D eigenvalue weighted by atomic mass is 10.0. The van der Waals surface area contributed by atoms with Crippen LogP contribution in [0.5, 0.6) is 11.5 Å². The number of hydrogen-bond acceptors (Lipinski definition) is 5. The first-order valence-corrected chi connectivity index (χ1v) is 9.20. The van der Waals surface area contributed by atoms with E-state index in [9.17, 15) is 10.2 Å². The van der Waals surface area contributed by atoms with Gasteiger partial charge in [0.05, 0.1) is 12.4 Å². The molecule has 156 valence electrons. The lowest BCUT2D eigenvalue weighted by Gasteiger charge is -2.05. The van der Waals surface area contributed by atoms with Crippen molar-refractivity contribution in [1.82, 2.24) is 5.43 Å². The van der Waals surface area contributed by atoms with Crippen LogP contribution in [0.1, 0.15) is 11.1 Å². The third-order valence-electron chi connectivity index (χ3n) is 4.62. The van der Waals surface area contributed by atoms with Crippen LogP contribution in [0, 0.1) is 0 Å². The SMILES string of the molecule is Cl.N/C(=N\N=Cc1c(O)ccc2ccccc12)NN=Cc1c(O)ccc2ccccc12. The Balaban J connectivity index is 0.00000272. The Morgan fingerprint density at radius 1 is 0.742 bits per heavy atom. The van der Waals surface area contributed by atoms with Gasteiger partial charge in [0.15, 0.2) is 0 Å². The lowest BCUT2D eigenvalue weighted by molar-refractivity contribution is 0.475. The van der Waals surface area contributed by atoms with Crippen molar-refractivity contribution in [2.24, 2.45) is 21.0 Å². The Morgan fingerprint density at radius 3 is 1.84 bits per heavy atom. The number of benzene rings is 4. The fourth-order valence-corrected chi connectivity index (χ4v) is 3.17. The van der Waals surface area contributed by atoms with E-state index in [2.05, 4.69) is 20.7 Å². The Morgan fingerprint density at radius 2 is 1.26 bits per heavy atom. The van der Waals surface area contributed by atoms with E-state index in [-0.39, 0.29) is 29.9 Å². The Kier molecular flexibility index (Phi) is 6.69. The van der Waals surface area contributed by atoms with Crippen LogP contribution in [0.2, 0.25) is 0 Å². The largest absolute Gasteiger partial charge is 0.507 e. The molecule has 4 aromatic rings. The van der Waals surface area contributed by atoms with Crippen molar-refractivity contribution >= 4 is 52.3 Å².